The fraction of sp³-hybridized carbons (Fsp3) is 0.545. The van der Waals surface area contributed by atoms with Gasteiger partial charge in [-0.05, 0) is 36.8 Å². The average Bonchev–Trinajstić information content (AvgIpc) is 2.10. The average molecular weight is 191 g/mol. The third-order valence-electron chi connectivity index (χ3n) is 3.06. The lowest BCUT2D eigenvalue weighted by Gasteiger charge is -2.33. The topological polar surface area (TPSA) is 50.9 Å². The zero-order valence-corrected chi connectivity index (χ0v) is 8.53. The lowest BCUT2D eigenvalue weighted by molar-refractivity contribution is 0.232. The second-order valence-electron chi connectivity index (χ2n) is 4.13. The Kier molecular flexibility index (Phi) is 2.79. The van der Waals surface area contributed by atoms with Gasteiger partial charge in [0.05, 0.1) is 6.04 Å². The fourth-order valence-corrected chi connectivity index (χ4v) is 2.03. The van der Waals surface area contributed by atoms with Crippen molar-refractivity contribution in [2.75, 3.05) is 0 Å². The number of nitrogens with zero attached hydrogens (tertiary/aromatic N) is 1. The molecule has 1 fully saturated rings. The quantitative estimate of drug-likeness (QED) is 0.564. The SMILES string of the molecule is Cc1cncc(C(NN)C2CCC2)c1. The van der Waals surface area contributed by atoms with Crippen LogP contribution in [-0.4, -0.2) is 4.98 Å². The Labute approximate surface area is 84.7 Å². The van der Waals surface area contributed by atoms with Gasteiger partial charge in [0, 0.05) is 12.4 Å². The Morgan fingerprint density at radius 1 is 1.50 bits per heavy atom. The molecule has 1 heterocycles. The number of aromatic nitrogens is 1. The van der Waals surface area contributed by atoms with E-state index in [-0.39, 0.29) is 6.04 Å². The Morgan fingerprint density at radius 2 is 2.29 bits per heavy atom. The summed E-state index contributed by atoms with van der Waals surface area (Å²) < 4.78 is 0. The van der Waals surface area contributed by atoms with Crippen LogP contribution in [0.3, 0.4) is 0 Å². The standard InChI is InChI=1S/C11H17N3/c1-8-5-10(7-13-6-8)11(14-12)9-3-2-4-9/h5-7,9,11,14H,2-4,12H2,1H3. The summed E-state index contributed by atoms with van der Waals surface area (Å²) in [4.78, 5) is 4.20. The van der Waals surface area contributed by atoms with Gasteiger partial charge in [-0.3, -0.25) is 16.3 Å². The molecule has 0 aliphatic heterocycles. The summed E-state index contributed by atoms with van der Waals surface area (Å²) in [5.41, 5.74) is 5.32. The molecule has 1 aromatic rings. The molecule has 0 saturated heterocycles. The van der Waals surface area contributed by atoms with Gasteiger partial charge in [-0.25, -0.2) is 0 Å². The van der Waals surface area contributed by atoms with Crippen LogP contribution in [-0.2, 0) is 0 Å². The van der Waals surface area contributed by atoms with E-state index >= 15 is 0 Å². The maximum atomic E-state index is 5.59. The van der Waals surface area contributed by atoms with Crippen LogP contribution in [0.1, 0.15) is 36.4 Å². The van der Waals surface area contributed by atoms with Gasteiger partial charge >= 0.3 is 0 Å². The van der Waals surface area contributed by atoms with Crippen LogP contribution in [0.15, 0.2) is 18.5 Å². The van der Waals surface area contributed by atoms with Gasteiger partial charge in [0.15, 0.2) is 0 Å². The number of rotatable bonds is 3. The molecule has 76 valence electrons. The van der Waals surface area contributed by atoms with E-state index in [2.05, 4.69) is 23.4 Å². The van der Waals surface area contributed by atoms with Crippen LogP contribution in [0.5, 0.6) is 0 Å². The minimum atomic E-state index is 0.288. The summed E-state index contributed by atoms with van der Waals surface area (Å²) in [6, 6.07) is 2.45. The molecule has 1 aromatic heterocycles. The van der Waals surface area contributed by atoms with Crippen LogP contribution in [0.4, 0.5) is 0 Å². The Hall–Kier alpha value is -0.930. The van der Waals surface area contributed by atoms with Crippen LogP contribution in [0, 0.1) is 12.8 Å². The number of nitrogens with two attached hydrogens (primary N) is 1. The van der Waals surface area contributed by atoms with Crippen molar-refractivity contribution in [3.63, 3.8) is 0 Å². The molecule has 1 aliphatic carbocycles. The molecule has 3 N–H and O–H groups in total. The molecular weight excluding hydrogens is 174 g/mol. The summed E-state index contributed by atoms with van der Waals surface area (Å²) >= 11 is 0. The molecule has 3 nitrogen and oxygen atoms in total. The number of hydrogen-bond acceptors (Lipinski definition) is 3. The maximum absolute atomic E-state index is 5.59. The first kappa shape index (κ1) is 9.62. The number of nitrogens with one attached hydrogen (secondary N) is 1. The first-order valence-electron chi connectivity index (χ1n) is 5.19. The van der Waals surface area contributed by atoms with Crippen molar-refractivity contribution in [2.24, 2.45) is 11.8 Å². The highest BCUT2D eigenvalue weighted by molar-refractivity contribution is 5.21. The second kappa shape index (κ2) is 4.07. The van der Waals surface area contributed by atoms with Crippen LogP contribution in [0.25, 0.3) is 0 Å². The predicted octanol–water partition coefficient (Wildman–Crippen LogP) is 1.69. The van der Waals surface area contributed by atoms with Crippen molar-refractivity contribution in [1.29, 1.82) is 0 Å². The van der Waals surface area contributed by atoms with Gasteiger partial charge in [-0.2, -0.15) is 0 Å². The zero-order chi connectivity index (χ0) is 9.97. The molecule has 1 unspecified atom stereocenters. The highest BCUT2D eigenvalue weighted by atomic mass is 15.2. The zero-order valence-electron chi connectivity index (χ0n) is 8.53. The highest BCUT2D eigenvalue weighted by Crippen LogP contribution is 2.37. The first-order valence-corrected chi connectivity index (χ1v) is 5.19. The molecule has 3 heteroatoms. The normalized spacial score (nSPS) is 19.0. The van der Waals surface area contributed by atoms with E-state index in [0.29, 0.717) is 5.92 Å². The van der Waals surface area contributed by atoms with Gasteiger partial charge in [0.2, 0.25) is 0 Å². The van der Waals surface area contributed by atoms with E-state index in [1.165, 1.54) is 30.4 Å². The van der Waals surface area contributed by atoms with Gasteiger partial charge in [0.1, 0.15) is 0 Å². The number of pyridine rings is 1. The van der Waals surface area contributed by atoms with E-state index in [0.717, 1.165) is 0 Å². The summed E-state index contributed by atoms with van der Waals surface area (Å²) in [5, 5.41) is 0. The predicted molar refractivity (Wildman–Crippen MR) is 56.4 cm³/mol. The van der Waals surface area contributed by atoms with Gasteiger partial charge in [-0.15, -0.1) is 0 Å². The number of hydrazine groups is 1. The molecule has 1 saturated carbocycles. The van der Waals surface area contributed by atoms with Crippen molar-refractivity contribution in [3.8, 4) is 0 Å². The molecule has 0 radical (unpaired) electrons. The first-order chi connectivity index (χ1) is 6.81. The molecule has 0 spiro atoms. The Balaban J connectivity index is 2.17. The lowest BCUT2D eigenvalue weighted by atomic mass is 9.77. The lowest BCUT2D eigenvalue weighted by Crippen LogP contribution is -2.36. The molecule has 2 rings (SSSR count). The van der Waals surface area contributed by atoms with E-state index in [4.69, 9.17) is 5.84 Å². The van der Waals surface area contributed by atoms with Gasteiger partial charge in [0.25, 0.3) is 0 Å². The van der Waals surface area contributed by atoms with Crippen molar-refractivity contribution in [3.05, 3.63) is 29.6 Å². The van der Waals surface area contributed by atoms with Crippen molar-refractivity contribution >= 4 is 0 Å². The van der Waals surface area contributed by atoms with Crippen molar-refractivity contribution < 1.29 is 0 Å². The van der Waals surface area contributed by atoms with E-state index in [1.807, 2.05) is 12.4 Å². The molecule has 14 heavy (non-hydrogen) atoms. The molecule has 0 bridgehead atoms. The largest absolute Gasteiger partial charge is 0.271 e. The summed E-state index contributed by atoms with van der Waals surface area (Å²) in [7, 11) is 0. The molecular formula is C11H17N3. The van der Waals surface area contributed by atoms with Crippen LogP contribution < -0.4 is 11.3 Å². The molecule has 1 aliphatic rings. The second-order valence-corrected chi connectivity index (χ2v) is 4.13. The van der Waals surface area contributed by atoms with Gasteiger partial charge in [-0.1, -0.05) is 12.5 Å². The molecule has 0 amide bonds. The monoisotopic (exact) mass is 191 g/mol. The van der Waals surface area contributed by atoms with Crippen LogP contribution >= 0.6 is 0 Å². The molecule has 1 atom stereocenters. The van der Waals surface area contributed by atoms with Crippen LogP contribution in [0.2, 0.25) is 0 Å². The Bertz CT molecular complexity index is 307. The number of aryl methyl sites for hydroxylation is 1. The fourth-order valence-electron chi connectivity index (χ4n) is 2.03. The maximum Gasteiger partial charge on any atom is 0.0503 e. The number of hydrogen-bond donors (Lipinski definition) is 2. The van der Waals surface area contributed by atoms with Crippen molar-refractivity contribution in [2.45, 2.75) is 32.2 Å². The van der Waals surface area contributed by atoms with Gasteiger partial charge < -0.3 is 0 Å². The smallest absolute Gasteiger partial charge is 0.0503 e. The summed E-state index contributed by atoms with van der Waals surface area (Å²) in [6.45, 7) is 2.06. The van der Waals surface area contributed by atoms with E-state index in [1.54, 1.807) is 0 Å². The third kappa shape index (κ3) is 1.79. The molecule has 0 aromatic carbocycles. The minimum Gasteiger partial charge on any atom is -0.271 e. The van der Waals surface area contributed by atoms with E-state index in [9.17, 15) is 0 Å². The Morgan fingerprint density at radius 3 is 2.79 bits per heavy atom. The van der Waals surface area contributed by atoms with E-state index < -0.39 is 0 Å². The minimum absolute atomic E-state index is 0.288. The summed E-state index contributed by atoms with van der Waals surface area (Å²) in [5.74, 6) is 6.29. The third-order valence-corrected chi connectivity index (χ3v) is 3.06. The van der Waals surface area contributed by atoms with Crippen molar-refractivity contribution in [1.82, 2.24) is 10.4 Å². The summed E-state index contributed by atoms with van der Waals surface area (Å²) in [6.07, 6.45) is 7.68. The highest BCUT2D eigenvalue weighted by Gasteiger charge is 2.27.